The first kappa shape index (κ1) is 22.3. The summed E-state index contributed by atoms with van der Waals surface area (Å²) in [5, 5.41) is 5.22. The van der Waals surface area contributed by atoms with Crippen LogP contribution in [0, 0.1) is 6.92 Å². The maximum atomic E-state index is 12.8. The Morgan fingerprint density at radius 2 is 1.77 bits per heavy atom. The van der Waals surface area contributed by atoms with Gasteiger partial charge in [-0.05, 0) is 66.6 Å². The summed E-state index contributed by atoms with van der Waals surface area (Å²) >= 11 is 0. The number of hydrogen-bond donors (Lipinski definition) is 2. The van der Waals surface area contributed by atoms with Crippen molar-refractivity contribution < 1.29 is 26.4 Å². The van der Waals surface area contributed by atoms with E-state index < -0.39 is 27.6 Å². The number of hydrogen-bond acceptors (Lipinski definition) is 4. The lowest BCUT2D eigenvalue weighted by Crippen LogP contribution is -2.28. The quantitative estimate of drug-likeness (QED) is 0.598. The molecule has 0 spiro atoms. The molecule has 2 amide bonds. The first-order chi connectivity index (χ1) is 14.6. The summed E-state index contributed by atoms with van der Waals surface area (Å²) in [5.74, 6) is 0. The number of halogens is 3. The lowest BCUT2D eigenvalue weighted by atomic mass is 10.1. The van der Waals surface area contributed by atoms with Crippen LogP contribution < -0.4 is 10.6 Å². The summed E-state index contributed by atoms with van der Waals surface area (Å²) < 4.78 is 64.1. The standard InChI is InChI=1S/C21H18F3N3O3S/c1-14-11-16(21(22,23)24)4-9-19(14)31(29,30)18-7-5-17(6-8-18)27-20(28)26-13-15-3-2-10-25-12-15/h2-12H,13H2,1H3,(H2,26,27,28). The topological polar surface area (TPSA) is 88.2 Å². The molecule has 0 fully saturated rings. The number of anilines is 1. The van der Waals surface area contributed by atoms with Crippen LogP contribution in [0.3, 0.4) is 0 Å². The molecule has 2 aromatic carbocycles. The Morgan fingerprint density at radius 3 is 2.35 bits per heavy atom. The van der Waals surface area contributed by atoms with Crippen molar-refractivity contribution in [1.82, 2.24) is 10.3 Å². The van der Waals surface area contributed by atoms with Gasteiger partial charge in [-0.15, -0.1) is 0 Å². The Labute approximate surface area is 177 Å². The Balaban J connectivity index is 1.71. The molecule has 0 aliphatic heterocycles. The minimum atomic E-state index is -4.56. The number of sulfone groups is 1. The molecule has 162 valence electrons. The largest absolute Gasteiger partial charge is 0.416 e. The molecule has 2 N–H and O–H groups in total. The van der Waals surface area contributed by atoms with E-state index in [0.29, 0.717) is 5.69 Å². The van der Waals surface area contributed by atoms with Gasteiger partial charge in [-0.3, -0.25) is 4.98 Å². The van der Waals surface area contributed by atoms with E-state index >= 15 is 0 Å². The highest BCUT2D eigenvalue weighted by molar-refractivity contribution is 7.91. The molecule has 0 aliphatic rings. The number of carbonyl (C=O) groups is 1. The maximum absolute atomic E-state index is 12.8. The van der Waals surface area contributed by atoms with Crippen molar-refractivity contribution in [3.8, 4) is 0 Å². The summed E-state index contributed by atoms with van der Waals surface area (Å²) in [5.41, 5.74) is 0.241. The smallest absolute Gasteiger partial charge is 0.334 e. The lowest BCUT2D eigenvalue weighted by Gasteiger charge is -2.12. The van der Waals surface area contributed by atoms with Crippen LogP contribution in [-0.2, 0) is 22.6 Å². The predicted octanol–water partition coefficient (Wildman–Crippen LogP) is 4.56. The van der Waals surface area contributed by atoms with Crippen molar-refractivity contribution in [2.45, 2.75) is 29.4 Å². The average Bonchev–Trinajstić information content (AvgIpc) is 2.72. The molecule has 3 aromatic rings. The number of aryl methyl sites for hydroxylation is 1. The Kier molecular flexibility index (Phi) is 6.30. The number of nitrogens with one attached hydrogen (secondary N) is 2. The number of carbonyl (C=O) groups excluding carboxylic acids is 1. The van der Waals surface area contributed by atoms with Gasteiger partial charge in [-0.2, -0.15) is 13.2 Å². The number of aromatic nitrogens is 1. The highest BCUT2D eigenvalue weighted by Crippen LogP contribution is 2.33. The zero-order valence-corrected chi connectivity index (χ0v) is 17.1. The van der Waals surface area contributed by atoms with Crippen LogP contribution >= 0.6 is 0 Å². The fourth-order valence-electron chi connectivity index (χ4n) is 2.83. The third kappa shape index (κ3) is 5.40. The van der Waals surface area contributed by atoms with Gasteiger partial charge in [0.05, 0.1) is 15.4 Å². The summed E-state index contributed by atoms with van der Waals surface area (Å²) in [7, 11) is -4.03. The Morgan fingerprint density at radius 1 is 1.06 bits per heavy atom. The summed E-state index contributed by atoms with van der Waals surface area (Å²) in [6.07, 6.45) is -1.33. The van der Waals surface area contributed by atoms with Gasteiger partial charge in [0, 0.05) is 24.6 Å². The lowest BCUT2D eigenvalue weighted by molar-refractivity contribution is -0.137. The van der Waals surface area contributed by atoms with E-state index in [1.807, 2.05) is 0 Å². The summed E-state index contributed by atoms with van der Waals surface area (Å²) in [4.78, 5) is 15.6. The second-order valence-electron chi connectivity index (χ2n) is 6.67. The number of nitrogens with zero attached hydrogens (tertiary/aromatic N) is 1. The van der Waals surface area contributed by atoms with E-state index in [1.54, 1.807) is 24.5 Å². The monoisotopic (exact) mass is 449 g/mol. The maximum Gasteiger partial charge on any atom is 0.416 e. The van der Waals surface area contributed by atoms with Gasteiger partial charge in [0.1, 0.15) is 0 Å². The van der Waals surface area contributed by atoms with Crippen LogP contribution in [0.5, 0.6) is 0 Å². The molecule has 6 nitrogen and oxygen atoms in total. The van der Waals surface area contributed by atoms with Gasteiger partial charge in [0.25, 0.3) is 0 Å². The molecular formula is C21H18F3N3O3S. The third-order valence-corrected chi connectivity index (χ3v) is 6.32. The average molecular weight is 449 g/mol. The molecule has 0 atom stereocenters. The van der Waals surface area contributed by atoms with Crippen molar-refractivity contribution >= 4 is 21.6 Å². The van der Waals surface area contributed by atoms with Crippen molar-refractivity contribution in [3.05, 3.63) is 83.7 Å². The van der Waals surface area contributed by atoms with Crippen molar-refractivity contribution in [2.24, 2.45) is 0 Å². The van der Waals surface area contributed by atoms with Crippen molar-refractivity contribution in [3.63, 3.8) is 0 Å². The first-order valence-corrected chi connectivity index (χ1v) is 10.5. The number of alkyl halides is 3. The van der Waals surface area contributed by atoms with Crippen LogP contribution in [0.4, 0.5) is 23.7 Å². The normalized spacial score (nSPS) is 11.7. The Bertz CT molecular complexity index is 1180. The molecule has 0 radical (unpaired) electrons. The highest BCUT2D eigenvalue weighted by Gasteiger charge is 2.32. The van der Waals surface area contributed by atoms with E-state index in [9.17, 15) is 26.4 Å². The predicted molar refractivity (Wildman–Crippen MR) is 108 cm³/mol. The van der Waals surface area contributed by atoms with E-state index in [2.05, 4.69) is 15.6 Å². The zero-order valence-electron chi connectivity index (χ0n) is 16.3. The van der Waals surface area contributed by atoms with Crippen LogP contribution in [0.1, 0.15) is 16.7 Å². The molecule has 0 aliphatic carbocycles. The van der Waals surface area contributed by atoms with Gasteiger partial charge in [-0.25, -0.2) is 13.2 Å². The second-order valence-corrected chi connectivity index (χ2v) is 8.59. The van der Waals surface area contributed by atoms with E-state index in [4.69, 9.17) is 0 Å². The number of benzene rings is 2. The van der Waals surface area contributed by atoms with Crippen LogP contribution in [0.15, 0.2) is 76.8 Å². The van der Waals surface area contributed by atoms with Crippen molar-refractivity contribution in [2.75, 3.05) is 5.32 Å². The number of pyridine rings is 1. The fourth-order valence-corrected chi connectivity index (χ4v) is 4.31. The van der Waals surface area contributed by atoms with E-state index in [0.717, 1.165) is 23.8 Å². The zero-order chi connectivity index (χ0) is 22.6. The number of rotatable bonds is 5. The molecule has 31 heavy (non-hydrogen) atoms. The highest BCUT2D eigenvalue weighted by atomic mass is 32.2. The van der Waals surface area contributed by atoms with Gasteiger partial charge in [-0.1, -0.05) is 6.07 Å². The number of amides is 2. The van der Waals surface area contributed by atoms with Gasteiger partial charge < -0.3 is 10.6 Å². The summed E-state index contributed by atoms with van der Waals surface area (Å²) in [6.45, 7) is 1.57. The van der Waals surface area contributed by atoms with Gasteiger partial charge in [0.15, 0.2) is 0 Å². The van der Waals surface area contributed by atoms with Gasteiger partial charge >= 0.3 is 12.2 Å². The van der Waals surface area contributed by atoms with Crippen molar-refractivity contribution in [1.29, 1.82) is 0 Å². The molecule has 10 heteroatoms. The minimum absolute atomic E-state index is 0.00759. The molecule has 0 unspecified atom stereocenters. The first-order valence-electron chi connectivity index (χ1n) is 9.04. The minimum Gasteiger partial charge on any atom is -0.334 e. The molecule has 0 saturated carbocycles. The van der Waals surface area contributed by atoms with Crippen LogP contribution in [-0.4, -0.2) is 19.4 Å². The summed E-state index contributed by atoms with van der Waals surface area (Å²) in [6, 6.07) is 10.9. The molecule has 0 saturated heterocycles. The SMILES string of the molecule is Cc1cc(C(F)(F)F)ccc1S(=O)(=O)c1ccc(NC(=O)NCc2cccnc2)cc1. The third-order valence-electron chi connectivity index (χ3n) is 4.39. The molecule has 3 rings (SSSR count). The molecular weight excluding hydrogens is 431 g/mol. The van der Waals surface area contributed by atoms with Gasteiger partial charge in [0.2, 0.25) is 9.84 Å². The second kappa shape index (κ2) is 8.76. The Hall–Kier alpha value is -3.40. The number of urea groups is 1. The van der Waals surface area contributed by atoms with Crippen LogP contribution in [0.25, 0.3) is 0 Å². The van der Waals surface area contributed by atoms with Crippen LogP contribution in [0.2, 0.25) is 0 Å². The van der Waals surface area contributed by atoms with E-state index in [-0.39, 0.29) is 21.9 Å². The fraction of sp³-hybridized carbons (Fsp3) is 0.143. The van der Waals surface area contributed by atoms with E-state index in [1.165, 1.54) is 31.2 Å². The molecule has 1 aromatic heterocycles. The molecule has 0 bridgehead atoms. The molecule has 1 heterocycles.